The van der Waals surface area contributed by atoms with Crippen molar-refractivity contribution in [1.29, 1.82) is 0 Å². The van der Waals surface area contributed by atoms with Crippen molar-refractivity contribution in [3.63, 3.8) is 0 Å². The lowest BCUT2D eigenvalue weighted by molar-refractivity contribution is 0.0696. The van der Waals surface area contributed by atoms with E-state index in [1.807, 2.05) is 37.3 Å². The van der Waals surface area contributed by atoms with Gasteiger partial charge in [0.15, 0.2) is 5.82 Å². The molecule has 2 aliphatic rings. The number of benzene rings is 1. The molecule has 0 aromatic heterocycles. The van der Waals surface area contributed by atoms with Gasteiger partial charge in [-0.25, -0.2) is 14.8 Å². The fourth-order valence-electron chi connectivity index (χ4n) is 2.88. The maximum Gasteiger partial charge on any atom is 0.335 e. The fourth-order valence-corrected chi connectivity index (χ4v) is 2.88. The normalized spacial score (nSPS) is 11.2. The van der Waals surface area contributed by atoms with E-state index in [0.717, 1.165) is 22.9 Å². The first-order valence-electron chi connectivity index (χ1n) is 8.34. The van der Waals surface area contributed by atoms with Crippen LogP contribution in [0.25, 0.3) is 11.5 Å². The van der Waals surface area contributed by atoms with Crippen LogP contribution in [0.2, 0.25) is 0 Å². The molecule has 2 heterocycles. The van der Waals surface area contributed by atoms with E-state index >= 15 is 0 Å². The second-order valence-corrected chi connectivity index (χ2v) is 6.37. The van der Waals surface area contributed by atoms with Crippen molar-refractivity contribution in [2.45, 2.75) is 19.5 Å². The van der Waals surface area contributed by atoms with Crippen LogP contribution >= 0.6 is 0 Å². The SMILES string of the molecule is COc1cc(C(=O)O)ccc1CCn1cccc2nc(CN(C)C)nc1-2. The van der Waals surface area contributed by atoms with Crippen molar-refractivity contribution < 1.29 is 14.6 Å². The number of aromatic carboxylic acids is 1. The Morgan fingerprint density at radius 2 is 2.08 bits per heavy atom. The van der Waals surface area contributed by atoms with Crippen LogP contribution in [0.4, 0.5) is 0 Å². The van der Waals surface area contributed by atoms with E-state index in [2.05, 4.69) is 14.5 Å². The Labute approximate surface area is 152 Å². The number of rotatable bonds is 7. The minimum absolute atomic E-state index is 0.218. The van der Waals surface area contributed by atoms with Crippen molar-refractivity contribution >= 4 is 5.97 Å². The molecular weight excluding hydrogens is 332 g/mol. The molecule has 0 spiro atoms. The van der Waals surface area contributed by atoms with E-state index in [1.54, 1.807) is 25.3 Å². The lowest BCUT2D eigenvalue weighted by Gasteiger charge is -2.13. The summed E-state index contributed by atoms with van der Waals surface area (Å²) in [5.74, 6) is 1.27. The number of aromatic nitrogens is 3. The summed E-state index contributed by atoms with van der Waals surface area (Å²) >= 11 is 0. The Hall–Kier alpha value is -2.93. The number of methoxy groups -OCH3 is 1. The van der Waals surface area contributed by atoms with Crippen LogP contribution in [0.3, 0.4) is 0 Å². The van der Waals surface area contributed by atoms with Gasteiger partial charge in [0.1, 0.15) is 17.3 Å². The number of hydrogen-bond donors (Lipinski definition) is 1. The molecule has 0 aliphatic carbocycles. The summed E-state index contributed by atoms with van der Waals surface area (Å²) in [7, 11) is 5.53. The van der Waals surface area contributed by atoms with E-state index in [-0.39, 0.29) is 5.56 Å². The van der Waals surface area contributed by atoms with Gasteiger partial charge in [-0.3, -0.25) is 0 Å². The third-order valence-corrected chi connectivity index (χ3v) is 4.12. The van der Waals surface area contributed by atoms with Gasteiger partial charge in [-0.1, -0.05) is 6.07 Å². The molecule has 0 fully saturated rings. The highest BCUT2D eigenvalue weighted by Gasteiger charge is 2.15. The number of imidazole rings is 1. The molecule has 2 aliphatic heterocycles. The Bertz CT molecular complexity index is 888. The molecular formula is C19H22N4O3. The first kappa shape index (κ1) is 17.9. The maximum absolute atomic E-state index is 11.1. The highest BCUT2D eigenvalue weighted by Crippen LogP contribution is 2.23. The third-order valence-electron chi connectivity index (χ3n) is 4.12. The number of carboxylic acid groups (broad SMARTS) is 1. The van der Waals surface area contributed by atoms with Gasteiger partial charge in [-0.15, -0.1) is 0 Å². The first-order valence-corrected chi connectivity index (χ1v) is 8.34. The summed E-state index contributed by atoms with van der Waals surface area (Å²) in [4.78, 5) is 22.4. The smallest absolute Gasteiger partial charge is 0.335 e. The average Bonchev–Trinajstić information content (AvgIpc) is 3.01. The van der Waals surface area contributed by atoms with Crippen LogP contribution in [0.1, 0.15) is 21.7 Å². The van der Waals surface area contributed by atoms with Crippen molar-refractivity contribution in [2.24, 2.45) is 0 Å². The molecule has 0 bridgehead atoms. The van der Waals surface area contributed by atoms with Gasteiger partial charge in [-0.2, -0.15) is 0 Å². The predicted octanol–water partition coefficient (Wildman–Crippen LogP) is 2.39. The molecule has 0 amide bonds. The molecule has 0 atom stereocenters. The molecule has 136 valence electrons. The van der Waals surface area contributed by atoms with Crippen molar-refractivity contribution in [3.8, 4) is 17.3 Å². The second-order valence-electron chi connectivity index (χ2n) is 6.37. The monoisotopic (exact) mass is 354 g/mol. The summed E-state index contributed by atoms with van der Waals surface area (Å²) < 4.78 is 7.42. The van der Waals surface area contributed by atoms with Gasteiger partial charge >= 0.3 is 5.97 Å². The minimum Gasteiger partial charge on any atom is -0.496 e. The first-order chi connectivity index (χ1) is 12.5. The molecule has 0 radical (unpaired) electrons. The van der Waals surface area contributed by atoms with Crippen LogP contribution in [0, 0.1) is 0 Å². The quantitative estimate of drug-likeness (QED) is 0.702. The highest BCUT2D eigenvalue weighted by atomic mass is 16.5. The average molecular weight is 354 g/mol. The van der Waals surface area contributed by atoms with Gasteiger partial charge in [0.05, 0.1) is 19.2 Å². The highest BCUT2D eigenvalue weighted by molar-refractivity contribution is 5.88. The lowest BCUT2D eigenvalue weighted by Crippen LogP contribution is -2.11. The molecule has 0 saturated heterocycles. The molecule has 26 heavy (non-hydrogen) atoms. The molecule has 7 heteroatoms. The summed E-state index contributed by atoms with van der Waals surface area (Å²) in [6.45, 7) is 1.39. The predicted molar refractivity (Wildman–Crippen MR) is 97.7 cm³/mol. The molecule has 7 nitrogen and oxygen atoms in total. The summed E-state index contributed by atoms with van der Waals surface area (Å²) in [6.07, 6.45) is 2.68. The van der Waals surface area contributed by atoms with Gasteiger partial charge in [0, 0.05) is 12.7 Å². The summed E-state index contributed by atoms with van der Waals surface area (Å²) in [5.41, 5.74) is 2.04. The van der Waals surface area contributed by atoms with E-state index < -0.39 is 5.97 Å². The Balaban J connectivity index is 1.82. The van der Waals surface area contributed by atoms with Gasteiger partial charge in [0.25, 0.3) is 0 Å². The topological polar surface area (TPSA) is 80.5 Å². The number of pyridine rings is 1. The zero-order valence-corrected chi connectivity index (χ0v) is 15.1. The van der Waals surface area contributed by atoms with Gasteiger partial charge < -0.3 is 19.3 Å². The minimum atomic E-state index is -0.963. The van der Waals surface area contributed by atoms with Gasteiger partial charge in [-0.05, 0) is 50.3 Å². The zero-order chi connectivity index (χ0) is 18.7. The van der Waals surface area contributed by atoms with E-state index in [9.17, 15) is 4.79 Å². The number of carboxylic acids is 1. The Morgan fingerprint density at radius 3 is 2.77 bits per heavy atom. The second kappa shape index (κ2) is 7.53. The molecule has 0 saturated carbocycles. The number of ether oxygens (including phenoxy) is 1. The van der Waals surface area contributed by atoms with Crippen molar-refractivity contribution in [3.05, 3.63) is 53.5 Å². The fraction of sp³-hybridized carbons (Fsp3) is 0.316. The molecule has 3 rings (SSSR count). The maximum atomic E-state index is 11.1. The zero-order valence-electron chi connectivity index (χ0n) is 15.1. The summed E-state index contributed by atoms with van der Waals surface area (Å²) in [5, 5.41) is 9.11. The van der Waals surface area contributed by atoms with Crippen LogP contribution in [-0.2, 0) is 19.5 Å². The largest absolute Gasteiger partial charge is 0.496 e. The standard InChI is InChI=1S/C19H22N4O3/c1-22(2)12-17-20-15-5-4-9-23(18(15)21-17)10-8-13-6-7-14(19(24)25)11-16(13)26-3/h4-7,9,11H,8,10,12H2,1-3H3,(H,24,25). The molecule has 1 N–H and O–H groups in total. The van der Waals surface area contributed by atoms with Crippen LogP contribution in [-0.4, -0.2) is 51.7 Å². The molecule has 0 unspecified atom stereocenters. The summed E-state index contributed by atoms with van der Waals surface area (Å²) in [6, 6.07) is 8.88. The van der Waals surface area contributed by atoms with E-state index in [4.69, 9.17) is 9.84 Å². The third kappa shape index (κ3) is 3.83. The Kier molecular flexibility index (Phi) is 5.18. The van der Waals surface area contributed by atoms with Crippen LogP contribution < -0.4 is 4.74 Å². The van der Waals surface area contributed by atoms with Crippen molar-refractivity contribution in [1.82, 2.24) is 19.4 Å². The number of aryl methyl sites for hydroxylation is 2. The Morgan fingerprint density at radius 1 is 1.27 bits per heavy atom. The molecule has 1 aromatic carbocycles. The van der Waals surface area contributed by atoms with Crippen LogP contribution in [0.15, 0.2) is 36.5 Å². The number of nitrogens with zero attached hydrogens (tertiary/aromatic N) is 4. The van der Waals surface area contributed by atoms with Crippen LogP contribution in [0.5, 0.6) is 5.75 Å². The van der Waals surface area contributed by atoms with Crippen molar-refractivity contribution in [2.75, 3.05) is 21.2 Å². The van der Waals surface area contributed by atoms with Gasteiger partial charge in [0.2, 0.25) is 0 Å². The number of fused-ring (bicyclic) bond motifs is 1. The van der Waals surface area contributed by atoms with E-state index in [1.165, 1.54) is 0 Å². The lowest BCUT2D eigenvalue weighted by atomic mass is 10.1. The number of hydrogen-bond acceptors (Lipinski definition) is 5. The number of carbonyl (C=O) groups is 1. The van der Waals surface area contributed by atoms with E-state index in [0.29, 0.717) is 25.3 Å². The molecule has 1 aromatic rings.